The summed E-state index contributed by atoms with van der Waals surface area (Å²) in [5.41, 5.74) is 6.57. The van der Waals surface area contributed by atoms with Crippen molar-refractivity contribution in [1.29, 1.82) is 0 Å². The standard InChI is InChI=1S/C28H25ClN4O2/c1-17-7-11-21(12-8-17)25-24(27-31-26(32-35-27)22-6-4-5-18(2)15-22)19(3)33(28(34)30-25)16-20-9-13-23(29)14-10-20/h4-15,25H,16H2,1-3H3,(H,30,34). The molecule has 5 rings (SSSR count). The van der Waals surface area contributed by atoms with E-state index in [1.54, 1.807) is 4.90 Å². The highest BCUT2D eigenvalue weighted by atomic mass is 35.5. The highest BCUT2D eigenvalue weighted by molar-refractivity contribution is 6.30. The minimum Gasteiger partial charge on any atom is -0.334 e. The monoisotopic (exact) mass is 484 g/mol. The van der Waals surface area contributed by atoms with Crippen molar-refractivity contribution in [3.63, 3.8) is 0 Å². The minimum absolute atomic E-state index is 0.190. The molecule has 4 aromatic rings. The third-order valence-electron chi connectivity index (χ3n) is 6.19. The number of aryl methyl sites for hydroxylation is 2. The molecule has 0 spiro atoms. The molecule has 176 valence electrons. The molecule has 6 nitrogen and oxygen atoms in total. The molecule has 1 aromatic heterocycles. The van der Waals surface area contributed by atoms with Gasteiger partial charge in [0.2, 0.25) is 5.82 Å². The summed E-state index contributed by atoms with van der Waals surface area (Å²) < 4.78 is 5.78. The van der Waals surface area contributed by atoms with Crippen molar-refractivity contribution >= 4 is 23.2 Å². The molecule has 7 heteroatoms. The Morgan fingerprint density at radius 1 is 0.971 bits per heavy atom. The van der Waals surface area contributed by atoms with Crippen molar-refractivity contribution < 1.29 is 9.32 Å². The molecule has 1 aliphatic heterocycles. The van der Waals surface area contributed by atoms with Crippen LogP contribution in [0.5, 0.6) is 0 Å². The van der Waals surface area contributed by atoms with Crippen LogP contribution in [0.15, 0.2) is 83.0 Å². The maximum atomic E-state index is 13.3. The van der Waals surface area contributed by atoms with Gasteiger partial charge in [-0.05, 0) is 50.1 Å². The van der Waals surface area contributed by atoms with Crippen LogP contribution >= 0.6 is 11.6 Å². The van der Waals surface area contributed by atoms with E-state index in [9.17, 15) is 4.79 Å². The highest BCUT2D eigenvalue weighted by Gasteiger charge is 2.35. The van der Waals surface area contributed by atoms with Gasteiger partial charge in [-0.2, -0.15) is 4.98 Å². The second-order valence-electron chi connectivity index (χ2n) is 8.80. The average Bonchev–Trinajstić information content (AvgIpc) is 3.33. The summed E-state index contributed by atoms with van der Waals surface area (Å²) in [5.74, 6) is 0.887. The molecule has 3 aromatic carbocycles. The first kappa shape index (κ1) is 22.9. The molecule has 1 aliphatic rings. The zero-order valence-electron chi connectivity index (χ0n) is 19.7. The molecular formula is C28H25ClN4O2. The highest BCUT2D eigenvalue weighted by Crippen LogP contribution is 2.38. The van der Waals surface area contributed by atoms with Crippen molar-refractivity contribution in [3.8, 4) is 11.4 Å². The largest absolute Gasteiger partial charge is 0.334 e. The molecule has 0 bridgehead atoms. The van der Waals surface area contributed by atoms with Gasteiger partial charge < -0.3 is 9.84 Å². The van der Waals surface area contributed by atoms with Crippen LogP contribution in [0.3, 0.4) is 0 Å². The molecule has 1 atom stereocenters. The molecular weight excluding hydrogens is 460 g/mol. The summed E-state index contributed by atoms with van der Waals surface area (Å²) in [4.78, 5) is 19.7. The van der Waals surface area contributed by atoms with Crippen LogP contribution in [0.1, 0.15) is 41.1 Å². The van der Waals surface area contributed by atoms with Gasteiger partial charge in [-0.1, -0.05) is 82.5 Å². The van der Waals surface area contributed by atoms with Crippen LogP contribution in [-0.4, -0.2) is 21.1 Å². The van der Waals surface area contributed by atoms with E-state index in [4.69, 9.17) is 21.1 Å². The van der Waals surface area contributed by atoms with Crippen molar-refractivity contribution in [3.05, 3.63) is 112 Å². The van der Waals surface area contributed by atoms with E-state index in [-0.39, 0.29) is 6.03 Å². The van der Waals surface area contributed by atoms with Crippen molar-refractivity contribution in [2.45, 2.75) is 33.4 Å². The van der Waals surface area contributed by atoms with Gasteiger partial charge in [0, 0.05) is 16.3 Å². The predicted molar refractivity (Wildman–Crippen MR) is 137 cm³/mol. The maximum absolute atomic E-state index is 13.3. The average molecular weight is 485 g/mol. The van der Waals surface area contributed by atoms with E-state index < -0.39 is 6.04 Å². The summed E-state index contributed by atoms with van der Waals surface area (Å²) in [6.07, 6.45) is 0. The van der Waals surface area contributed by atoms with Crippen LogP contribution < -0.4 is 5.32 Å². The van der Waals surface area contributed by atoms with Crippen LogP contribution in [-0.2, 0) is 6.54 Å². The Hall–Kier alpha value is -3.90. The third kappa shape index (κ3) is 4.70. The lowest BCUT2D eigenvalue weighted by atomic mass is 9.94. The van der Waals surface area contributed by atoms with Gasteiger partial charge in [-0.25, -0.2) is 4.79 Å². The Kier molecular flexibility index (Phi) is 6.14. The maximum Gasteiger partial charge on any atom is 0.322 e. The lowest BCUT2D eigenvalue weighted by Crippen LogP contribution is -2.45. The molecule has 1 N–H and O–H groups in total. The number of benzene rings is 3. The van der Waals surface area contributed by atoms with Crippen LogP contribution in [0.2, 0.25) is 5.02 Å². The smallest absolute Gasteiger partial charge is 0.322 e. The van der Waals surface area contributed by atoms with Gasteiger partial charge in [0.05, 0.1) is 18.2 Å². The first-order chi connectivity index (χ1) is 16.9. The number of amides is 2. The van der Waals surface area contributed by atoms with Gasteiger partial charge in [0.1, 0.15) is 0 Å². The van der Waals surface area contributed by atoms with E-state index in [0.29, 0.717) is 23.3 Å². The van der Waals surface area contributed by atoms with Crippen molar-refractivity contribution in [2.24, 2.45) is 0 Å². The molecule has 0 radical (unpaired) electrons. The van der Waals surface area contributed by atoms with Gasteiger partial charge in [0.15, 0.2) is 0 Å². The number of nitrogens with one attached hydrogen (secondary N) is 1. The Labute approximate surface area is 209 Å². The van der Waals surface area contributed by atoms with Gasteiger partial charge in [0.25, 0.3) is 5.89 Å². The zero-order chi connectivity index (χ0) is 24.5. The number of carbonyl (C=O) groups is 1. The Morgan fingerprint density at radius 3 is 2.43 bits per heavy atom. The number of aromatic nitrogens is 2. The van der Waals surface area contributed by atoms with Crippen molar-refractivity contribution in [2.75, 3.05) is 0 Å². The summed E-state index contributed by atoms with van der Waals surface area (Å²) in [7, 11) is 0. The number of halogens is 1. The Morgan fingerprint density at radius 2 is 1.71 bits per heavy atom. The molecule has 2 heterocycles. The number of nitrogens with zero attached hydrogens (tertiary/aromatic N) is 3. The van der Waals surface area contributed by atoms with E-state index in [2.05, 4.69) is 10.5 Å². The van der Waals surface area contributed by atoms with E-state index in [1.807, 2.05) is 93.6 Å². The lowest BCUT2D eigenvalue weighted by Gasteiger charge is -2.35. The van der Waals surface area contributed by atoms with Gasteiger partial charge in [-0.15, -0.1) is 0 Å². The lowest BCUT2D eigenvalue weighted by molar-refractivity contribution is 0.203. The minimum atomic E-state index is -0.421. The van der Waals surface area contributed by atoms with Crippen molar-refractivity contribution in [1.82, 2.24) is 20.4 Å². The molecule has 0 fully saturated rings. The summed E-state index contributed by atoms with van der Waals surface area (Å²) in [5, 5.41) is 8.05. The summed E-state index contributed by atoms with van der Waals surface area (Å²) in [6.45, 7) is 6.36. The zero-order valence-corrected chi connectivity index (χ0v) is 20.5. The van der Waals surface area contributed by atoms with E-state index in [1.165, 1.54) is 0 Å². The van der Waals surface area contributed by atoms with E-state index >= 15 is 0 Å². The molecule has 0 saturated carbocycles. The molecule has 35 heavy (non-hydrogen) atoms. The second kappa shape index (κ2) is 9.39. The predicted octanol–water partition coefficient (Wildman–Crippen LogP) is 6.70. The Bertz CT molecular complexity index is 1410. The fraction of sp³-hybridized carbons (Fsp3) is 0.179. The number of carbonyl (C=O) groups excluding carboxylic acids is 1. The number of hydrogen-bond donors (Lipinski definition) is 1. The van der Waals surface area contributed by atoms with Gasteiger partial charge in [-0.3, -0.25) is 4.90 Å². The normalized spacial score (nSPS) is 15.9. The molecule has 0 saturated heterocycles. The quantitative estimate of drug-likeness (QED) is 0.342. The SMILES string of the molecule is CC1=C(c2nc(-c3cccc(C)c3)no2)C(c2ccc(C)cc2)NC(=O)N1Cc1ccc(Cl)cc1. The van der Waals surface area contributed by atoms with Crippen LogP contribution in [0.4, 0.5) is 4.79 Å². The first-order valence-corrected chi connectivity index (χ1v) is 11.8. The third-order valence-corrected chi connectivity index (χ3v) is 6.45. The topological polar surface area (TPSA) is 71.3 Å². The van der Waals surface area contributed by atoms with Gasteiger partial charge >= 0.3 is 6.03 Å². The number of hydrogen-bond acceptors (Lipinski definition) is 4. The van der Waals surface area contributed by atoms with Crippen LogP contribution in [0, 0.1) is 13.8 Å². The number of allylic oxidation sites excluding steroid dienone is 1. The second-order valence-corrected chi connectivity index (χ2v) is 9.23. The Balaban J connectivity index is 1.59. The summed E-state index contributed by atoms with van der Waals surface area (Å²) in [6, 6.07) is 22.9. The summed E-state index contributed by atoms with van der Waals surface area (Å²) >= 11 is 6.05. The van der Waals surface area contributed by atoms with E-state index in [0.717, 1.165) is 39.1 Å². The molecule has 2 amide bonds. The van der Waals surface area contributed by atoms with Crippen LogP contribution in [0.25, 0.3) is 17.0 Å². The fourth-order valence-electron chi connectivity index (χ4n) is 4.26. The molecule has 1 unspecified atom stereocenters. The first-order valence-electron chi connectivity index (χ1n) is 11.4. The number of urea groups is 1. The number of rotatable bonds is 5. The molecule has 0 aliphatic carbocycles. The fourth-order valence-corrected chi connectivity index (χ4v) is 4.39.